The molecule has 4 aromatic rings. The van der Waals surface area contributed by atoms with E-state index in [1.165, 1.54) is 0 Å². The van der Waals surface area contributed by atoms with E-state index in [1.54, 1.807) is 19.4 Å². The van der Waals surface area contributed by atoms with E-state index in [0.717, 1.165) is 50.3 Å². The van der Waals surface area contributed by atoms with Gasteiger partial charge in [-0.2, -0.15) is 0 Å². The number of fused-ring (bicyclic) bond motifs is 1. The topological polar surface area (TPSA) is 69.9 Å². The minimum absolute atomic E-state index is 0.158. The second kappa shape index (κ2) is 12.2. The van der Waals surface area contributed by atoms with Gasteiger partial charge in [-0.1, -0.05) is 30.3 Å². The second-order valence-corrected chi connectivity index (χ2v) is 8.56. The Bertz CT molecular complexity index is 1380. The molecule has 0 unspecified atom stereocenters. The van der Waals surface area contributed by atoms with Crippen LogP contribution in [0.1, 0.15) is 31.9 Å². The molecule has 1 heterocycles. The Morgan fingerprint density at radius 1 is 0.973 bits per heavy atom. The fourth-order valence-corrected chi connectivity index (χ4v) is 4.31. The highest BCUT2D eigenvalue weighted by Gasteiger charge is 2.15. The van der Waals surface area contributed by atoms with Crippen LogP contribution in [0.4, 0.5) is 0 Å². The molecular weight excluding hydrogens is 466 g/mol. The van der Waals surface area contributed by atoms with Gasteiger partial charge in [0.2, 0.25) is 5.91 Å². The normalized spacial score (nSPS) is 11.4. The maximum atomic E-state index is 12.7. The first-order chi connectivity index (χ1) is 18.0. The molecular formula is C31H33NO5. The monoisotopic (exact) mass is 499 g/mol. The molecule has 0 aliphatic rings. The predicted molar refractivity (Wildman–Crippen MR) is 147 cm³/mol. The van der Waals surface area contributed by atoms with Gasteiger partial charge in [-0.05, 0) is 68.2 Å². The molecule has 0 bridgehead atoms. The Kier molecular flexibility index (Phi) is 8.52. The number of hydrogen-bond acceptors (Lipinski definition) is 5. The van der Waals surface area contributed by atoms with Gasteiger partial charge >= 0.3 is 0 Å². The van der Waals surface area contributed by atoms with E-state index in [2.05, 4.69) is 5.32 Å². The maximum Gasteiger partial charge on any atom is 0.244 e. The number of ether oxygens (including phenoxy) is 3. The van der Waals surface area contributed by atoms with E-state index in [1.807, 2.05) is 81.4 Å². The molecule has 6 nitrogen and oxygen atoms in total. The molecule has 37 heavy (non-hydrogen) atoms. The summed E-state index contributed by atoms with van der Waals surface area (Å²) in [5, 5.41) is 3.93. The highest BCUT2D eigenvalue weighted by molar-refractivity contribution is 6.00. The van der Waals surface area contributed by atoms with Crippen molar-refractivity contribution in [2.24, 2.45) is 0 Å². The molecule has 0 saturated heterocycles. The zero-order valence-corrected chi connectivity index (χ0v) is 21.8. The first kappa shape index (κ1) is 25.9. The summed E-state index contributed by atoms with van der Waals surface area (Å²) in [6.07, 6.45) is 4.05. The van der Waals surface area contributed by atoms with Crippen LogP contribution in [-0.2, 0) is 11.2 Å². The molecule has 1 aromatic heterocycles. The molecule has 0 aliphatic heterocycles. The summed E-state index contributed by atoms with van der Waals surface area (Å²) < 4.78 is 22.7. The van der Waals surface area contributed by atoms with E-state index < -0.39 is 0 Å². The van der Waals surface area contributed by atoms with E-state index in [4.69, 9.17) is 18.6 Å². The van der Waals surface area contributed by atoms with E-state index >= 15 is 0 Å². The third-order valence-corrected chi connectivity index (χ3v) is 6.11. The summed E-state index contributed by atoms with van der Waals surface area (Å²) in [6, 6.07) is 19.7. The summed E-state index contributed by atoms with van der Waals surface area (Å²) in [6.45, 7) is 7.45. The smallest absolute Gasteiger partial charge is 0.244 e. The maximum absolute atomic E-state index is 12.7. The molecule has 3 aromatic carbocycles. The molecule has 1 N–H and O–H groups in total. The van der Waals surface area contributed by atoms with Crippen molar-refractivity contribution in [3.63, 3.8) is 0 Å². The Balaban J connectivity index is 1.57. The van der Waals surface area contributed by atoms with Gasteiger partial charge in [-0.25, -0.2) is 0 Å². The van der Waals surface area contributed by atoms with Crippen LogP contribution in [0.15, 0.2) is 77.4 Å². The van der Waals surface area contributed by atoms with Gasteiger partial charge in [-0.15, -0.1) is 0 Å². The number of carbonyl (C=O) groups excluding carboxylic acids is 1. The van der Waals surface area contributed by atoms with Crippen LogP contribution in [0.3, 0.4) is 0 Å². The highest BCUT2D eigenvalue weighted by atomic mass is 16.5. The highest BCUT2D eigenvalue weighted by Crippen LogP contribution is 2.38. The van der Waals surface area contributed by atoms with Crippen molar-refractivity contribution in [2.45, 2.75) is 27.2 Å². The lowest BCUT2D eigenvalue weighted by Gasteiger charge is -2.12. The van der Waals surface area contributed by atoms with Crippen molar-refractivity contribution in [3.05, 3.63) is 84.1 Å². The lowest BCUT2D eigenvalue weighted by molar-refractivity contribution is -0.116. The molecule has 1 amide bonds. The van der Waals surface area contributed by atoms with Crippen molar-refractivity contribution in [1.29, 1.82) is 0 Å². The van der Waals surface area contributed by atoms with Crippen molar-refractivity contribution in [3.8, 4) is 28.4 Å². The van der Waals surface area contributed by atoms with Crippen LogP contribution in [-0.4, -0.2) is 32.8 Å². The fraction of sp³-hybridized carbons (Fsp3) is 0.258. The molecule has 0 radical (unpaired) electrons. The van der Waals surface area contributed by atoms with Crippen LogP contribution < -0.4 is 19.5 Å². The van der Waals surface area contributed by atoms with Crippen LogP contribution >= 0.6 is 0 Å². The average molecular weight is 500 g/mol. The first-order valence-electron chi connectivity index (χ1n) is 12.5. The van der Waals surface area contributed by atoms with Gasteiger partial charge < -0.3 is 23.9 Å². The van der Waals surface area contributed by atoms with Crippen LogP contribution in [0.2, 0.25) is 0 Å². The third-order valence-electron chi connectivity index (χ3n) is 6.11. The average Bonchev–Trinajstić information content (AvgIpc) is 3.32. The summed E-state index contributed by atoms with van der Waals surface area (Å²) in [4.78, 5) is 12.7. The zero-order chi connectivity index (χ0) is 26.2. The molecule has 0 aliphatic carbocycles. The first-order valence-corrected chi connectivity index (χ1v) is 12.5. The Morgan fingerprint density at radius 2 is 1.73 bits per heavy atom. The lowest BCUT2D eigenvalue weighted by Crippen LogP contribution is -2.24. The number of hydrogen-bond donors (Lipinski definition) is 1. The quantitative estimate of drug-likeness (QED) is 0.234. The minimum Gasteiger partial charge on any atom is -0.496 e. The summed E-state index contributed by atoms with van der Waals surface area (Å²) in [5.41, 5.74) is 5.42. The molecule has 0 atom stereocenters. The predicted octanol–water partition coefficient (Wildman–Crippen LogP) is 6.67. The number of rotatable bonds is 11. The number of nitrogens with one attached hydrogen (secondary N) is 1. The number of para-hydroxylation sites is 1. The van der Waals surface area contributed by atoms with Gasteiger partial charge in [0.05, 0.1) is 26.6 Å². The van der Waals surface area contributed by atoms with Gasteiger partial charge in [-0.3, -0.25) is 4.79 Å². The number of benzene rings is 3. The summed E-state index contributed by atoms with van der Waals surface area (Å²) in [7, 11) is 1.65. The fourth-order valence-electron chi connectivity index (χ4n) is 4.31. The molecule has 0 spiro atoms. The number of allylic oxidation sites excluding steroid dienone is 1. The van der Waals surface area contributed by atoms with Crippen molar-refractivity contribution in [2.75, 3.05) is 26.9 Å². The van der Waals surface area contributed by atoms with Gasteiger partial charge in [0.25, 0.3) is 0 Å². The SMILES string of the molecule is CCOc1ccc(-c2coc3cc(OCC)c(/C(C)=C/C(=O)NCCc4ccccc4OC)cc23)cc1. The van der Waals surface area contributed by atoms with Crippen molar-refractivity contribution < 1.29 is 23.4 Å². The second-order valence-electron chi connectivity index (χ2n) is 8.56. The standard InChI is InChI=1S/C31H33NO5/c1-5-35-24-13-11-22(12-14-24)27-20-37-30-19-29(36-6-2)25(18-26(27)30)21(3)17-31(33)32-16-15-23-9-7-8-10-28(23)34-4/h7-14,17-20H,5-6,15-16H2,1-4H3,(H,32,33)/b21-17+. The Morgan fingerprint density at radius 3 is 2.46 bits per heavy atom. The number of amides is 1. The van der Waals surface area contributed by atoms with Crippen molar-refractivity contribution >= 4 is 22.4 Å². The minimum atomic E-state index is -0.158. The number of methoxy groups -OCH3 is 1. The third kappa shape index (κ3) is 6.15. The van der Waals surface area contributed by atoms with Gasteiger partial charge in [0, 0.05) is 35.2 Å². The van der Waals surface area contributed by atoms with E-state index in [0.29, 0.717) is 31.9 Å². The molecule has 4 rings (SSSR count). The van der Waals surface area contributed by atoms with Crippen LogP contribution in [0, 0.1) is 0 Å². The number of furan rings is 1. The lowest BCUT2D eigenvalue weighted by atomic mass is 9.99. The largest absolute Gasteiger partial charge is 0.496 e. The summed E-state index contributed by atoms with van der Waals surface area (Å²) in [5.74, 6) is 2.17. The van der Waals surface area contributed by atoms with Crippen LogP contribution in [0.5, 0.6) is 17.2 Å². The van der Waals surface area contributed by atoms with E-state index in [-0.39, 0.29) is 5.91 Å². The molecule has 0 saturated carbocycles. The molecule has 0 fully saturated rings. The van der Waals surface area contributed by atoms with Gasteiger partial charge in [0.1, 0.15) is 22.8 Å². The van der Waals surface area contributed by atoms with E-state index in [9.17, 15) is 4.79 Å². The Hall–Kier alpha value is -4.19. The zero-order valence-electron chi connectivity index (χ0n) is 21.8. The molecule has 6 heteroatoms. The number of carbonyl (C=O) groups is 1. The van der Waals surface area contributed by atoms with Crippen molar-refractivity contribution in [1.82, 2.24) is 5.32 Å². The van der Waals surface area contributed by atoms with Gasteiger partial charge in [0.15, 0.2) is 0 Å². The Labute approximate surface area is 217 Å². The summed E-state index contributed by atoms with van der Waals surface area (Å²) >= 11 is 0. The molecule has 192 valence electrons. The van der Waals surface area contributed by atoms with Crippen LogP contribution in [0.25, 0.3) is 27.7 Å².